The number of rotatable bonds is 15. The highest BCUT2D eigenvalue weighted by atomic mass is 16.4. The third-order valence-electron chi connectivity index (χ3n) is 6.31. The van der Waals surface area contributed by atoms with Crippen molar-refractivity contribution in [3.8, 4) is 5.75 Å². The number of carbonyl (C=O) groups is 5. The van der Waals surface area contributed by atoms with Crippen LogP contribution in [-0.2, 0) is 30.4 Å². The molecule has 0 aliphatic rings. The molecule has 6 unspecified atom stereocenters. The Labute approximate surface area is 216 Å². The molecule has 12 nitrogen and oxygen atoms in total. The Balaban J connectivity index is 3.07. The number of benzene rings is 1. The summed E-state index contributed by atoms with van der Waals surface area (Å²) in [6.45, 7) is 7.04. The zero-order chi connectivity index (χ0) is 28.3. The SMILES string of the molecule is CCC(C)C(NC(=O)C(N)CC(=O)O)C(=O)NC(C(=O)NC(Cc1ccc(O)cc1)C(=O)O)C(C)CC. The summed E-state index contributed by atoms with van der Waals surface area (Å²) in [5, 5.41) is 35.6. The van der Waals surface area contributed by atoms with Crippen molar-refractivity contribution in [1.29, 1.82) is 0 Å². The smallest absolute Gasteiger partial charge is 0.326 e. The molecule has 37 heavy (non-hydrogen) atoms. The molecule has 1 aromatic carbocycles. The van der Waals surface area contributed by atoms with Crippen LogP contribution in [0.25, 0.3) is 0 Å². The predicted octanol–water partition coefficient (Wildman–Crippen LogP) is 0.368. The van der Waals surface area contributed by atoms with Gasteiger partial charge in [0.15, 0.2) is 0 Å². The predicted molar refractivity (Wildman–Crippen MR) is 134 cm³/mol. The second-order valence-corrected chi connectivity index (χ2v) is 9.22. The Bertz CT molecular complexity index is 953. The Morgan fingerprint density at radius 3 is 1.70 bits per heavy atom. The fourth-order valence-electron chi connectivity index (χ4n) is 3.52. The molecule has 6 atom stereocenters. The molecule has 1 aromatic rings. The highest BCUT2D eigenvalue weighted by Gasteiger charge is 2.34. The van der Waals surface area contributed by atoms with Gasteiger partial charge in [-0.05, 0) is 29.5 Å². The fourth-order valence-corrected chi connectivity index (χ4v) is 3.52. The zero-order valence-electron chi connectivity index (χ0n) is 21.6. The molecule has 0 aliphatic carbocycles. The van der Waals surface area contributed by atoms with Gasteiger partial charge in [-0.15, -0.1) is 0 Å². The van der Waals surface area contributed by atoms with E-state index >= 15 is 0 Å². The van der Waals surface area contributed by atoms with Gasteiger partial charge in [0, 0.05) is 6.42 Å². The number of aliphatic carboxylic acids is 2. The average Bonchev–Trinajstić information content (AvgIpc) is 2.84. The van der Waals surface area contributed by atoms with Crippen LogP contribution < -0.4 is 21.7 Å². The third kappa shape index (κ3) is 10.1. The number of nitrogens with two attached hydrogens (primary N) is 1. The number of aromatic hydroxyl groups is 1. The summed E-state index contributed by atoms with van der Waals surface area (Å²) in [6.07, 6.45) is 0.310. The quantitative estimate of drug-likeness (QED) is 0.169. The van der Waals surface area contributed by atoms with Crippen molar-refractivity contribution in [2.75, 3.05) is 0 Å². The number of phenols is 1. The van der Waals surface area contributed by atoms with Crippen LogP contribution in [0.4, 0.5) is 0 Å². The lowest BCUT2D eigenvalue weighted by Gasteiger charge is -2.30. The van der Waals surface area contributed by atoms with Gasteiger partial charge >= 0.3 is 11.9 Å². The number of carboxylic acids is 2. The first kappa shape index (κ1) is 31.4. The van der Waals surface area contributed by atoms with Gasteiger partial charge in [-0.2, -0.15) is 0 Å². The highest BCUT2D eigenvalue weighted by molar-refractivity contribution is 5.95. The molecule has 0 fully saturated rings. The molecule has 12 heteroatoms. The van der Waals surface area contributed by atoms with Crippen LogP contribution in [0.1, 0.15) is 52.5 Å². The number of hydrogen-bond acceptors (Lipinski definition) is 7. The molecule has 0 radical (unpaired) electrons. The number of nitrogens with one attached hydrogen (secondary N) is 3. The monoisotopic (exact) mass is 522 g/mol. The van der Waals surface area contributed by atoms with Crippen LogP contribution in [0, 0.1) is 11.8 Å². The summed E-state index contributed by atoms with van der Waals surface area (Å²) in [4.78, 5) is 61.5. The minimum Gasteiger partial charge on any atom is -0.508 e. The Morgan fingerprint density at radius 1 is 0.811 bits per heavy atom. The maximum Gasteiger partial charge on any atom is 0.326 e. The number of carbonyl (C=O) groups excluding carboxylic acids is 3. The molecular weight excluding hydrogens is 484 g/mol. The van der Waals surface area contributed by atoms with Crippen molar-refractivity contribution in [3.05, 3.63) is 29.8 Å². The van der Waals surface area contributed by atoms with Gasteiger partial charge in [0.1, 0.15) is 23.9 Å². The molecule has 0 aromatic heterocycles. The van der Waals surface area contributed by atoms with Crippen LogP contribution in [0.15, 0.2) is 24.3 Å². The number of hydrogen-bond donors (Lipinski definition) is 7. The molecule has 8 N–H and O–H groups in total. The maximum absolute atomic E-state index is 13.2. The van der Waals surface area contributed by atoms with E-state index in [-0.39, 0.29) is 24.0 Å². The normalized spacial score (nSPS) is 15.8. The second-order valence-electron chi connectivity index (χ2n) is 9.22. The Morgan fingerprint density at radius 2 is 1.27 bits per heavy atom. The molecule has 0 saturated carbocycles. The van der Waals surface area contributed by atoms with Crippen LogP contribution in [-0.4, -0.2) is 69.1 Å². The maximum atomic E-state index is 13.2. The van der Waals surface area contributed by atoms with Crippen molar-refractivity contribution >= 4 is 29.7 Å². The molecule has 0 spiro atoms. The van der Waals surface area contributed by atoms with Gasteiger partial charge < -0.3 is 37.0 Å². The van der Waals surface area contributed by atoms with Crippen LogP contribution in [0.2, 0.25) is 0 Å². The van der Waals surface area contributed by atoms with Gasteiger partial charge in [0.05, 0.1) is 12.5 Å². The molecule has 3 amide bonds. The number of phenolic OH excluding ortho intramolecular Hbond substituents is 1. The molecule has 0 aliphatic heterocycles. The molecule has 206 valence electrons. The van der Waals surface area contributed by atoms with E-state index in [1.807, 2.05) is 0 Å². The van der Waals surface area contributed by atoms with Crippen molar-refractivity contribution in [2.24, 2.45) is 17.6 Å². The Hall–Kier alpha value is -3.67. The van der Waals surface area contributed by atoms with Gasteiger partial charge in [0.25, 0.3) is 0 Å². The Kier molecular flexibility index (Phi) is 12.5. The van der Waals surface area contributed by atoms with E-state index in [1.165, 1.54) is 12.1 Å². The van der Waals surface area contributed by atoms with E-state index in [4.69, 9.17) is 10.8 Å². The van der Waals surface area contributed by atoms with Gasteiger partial charge in [-0.1, -0.05) is 52.7 Å². The van der Waals surface area contributed by atoms with Gasteiger partial charge in [-0.25, -0.2) is 4.79 Å². The highest BCUT2D eigenvalue weighted by Crippen LogP contribution is 2.15. The van der Waals surface area contributed by atoms with E-state index in [2.05, 4.69) is 16.0 Å². The summed E-state index contributed by atoms with van der Waals surface area (Å²) in [5.74, 6) is -5.45. The average molecular weight is 523 g/mol. The van der Waals surface area contributed by atoms with E-state index in [0.29, 0.717) is 18.4 Å². The molecule has 0 heterocycles. The minimum atomic E-state index is -1.36. The fraction of sp³-hybridized carbons (Fsp3) is 0.560. The van der Waals surface area contributed by atoms with Crippen LogP contribution in [0.3, 0.4) is 0 Å². The first-order chi connectivity index (χ1) is 17.3. The van der Waals surface area contributed by atoms with Crippen molar-refractivity contribution in [2.45, 2.75) is 77.5 Å². The lowest BCUT2D eigenvalue weighted by atomic mass is 9.94. The lowest BCUT2D eigenvalue weighted by Crippen LogP contribution is -2.60. The van der Waals surface area contributed by atoms with Crippen LogP contribution in [0.5, 0.6) is 5.75 Å². The topological polar surface area (TPSA) is 208 Å². The van der Waals surface area contributed by atoms with Crippen LogP contribution >= 0.6 is 0 Å². The summed E-state index contributed by atoms with van der Waals surface area (Å²) in [6, 6.07) is 1.05. The molecule has 0 bridgehead atoms. The standard InChI is InChI=1S/C25H38N4O8/c1-5-13(3)20(23(34)27-18(25(36)37)11-15-7-9-16(30)10-8-15)29-24(35)21(14(4)6-2)28-22(33)17(26)12-19(31)32/h7-10,13-14,17-18,20-21,30H,5-6,11-12,26H2,1-4H3,(H,27,34)(H,28,33)(H,29,35)(H,31,32)(H,36,37). The van der Waals surface area contributed by atoms with Gasteiger partial charge in [-0.3, -0.25) is 19.2 Å². The summed E-state index contributed by atoms with van der Waals surface area (Å²) in [5.41, 5.74) is 6.20. The van der Waals surface area contributed by atoms with Gasteiger partial charge in [0.2, 0.25) is 17.7 Å². The van der Waals surface area contributed by atoms with Crippen molar-refractivity contribution in [3.63, 3.8) is 0 Å². The number of amides is 3. The van der Waals surface area contributed by atoms with E-state index in [9.17, 15) is 34.2 Å². The third-order valence-corrected chi connectivity index (χ3v) is 6.31. The first-order valence-electron chi connectivity index (χ1n) is 12.2. The summed E-state index contributed by atoms with van der Waals surface area (Å²) < 4.78 is 0. The molecule has 1 rings (SSSR count). The minimum absolute atomic E-state index is 0.0195. The van der Waals surface area contributed by atoms with E-state index in [0.717, 1.165) is 0 Å². The van der Waals surface area contributed by atoms with E-state index < -0.39 is 60.2 Å². The van der Waals surface area contributed by atoms with Crippen molar-refractivity contribution < 1.29 is 39.3 Å². The lowest BCUT2D eigenvalue weighted by molar-refractivity contribution is -0.142. The van der Waals surface area contributed by atoms with E-state index in [1.54, 1.807) is 39.8 Å². The largest absolute Gasteiger partial charge is 0.508 e. The summed E-state index contributed by atoms with van der Waals surface area (Å²) >= 11 is 0. The second kappa shape index (κ2) is 14.8. The molecule has 0 saturated heterocycles. The first-order valence-corrected chi connectivity index (χ1v) is 12.2. The van der Waals surface area contributed by atoms with Crippen molar-refractivity contribution in [1.82, 2.24) is 16.0 Å². The molecular formula is C25H38N4O8. The zero-order valence-corrected chi connectivity index (χ0v) is 21.6. The number of carboxylic acid groups (broad SMARTS) is 2. The summed E-state index contributed by atoms with van der Waals surface area (Å²) in [7, 11) is 0.